The lowest BCUT2D eigenvalue weighted by Gasteiger charge is -2.23. The Morgan fingerprint density at radius 1 is 1.42 bits per heavy atom. The molecule has 1 aromatic rings. The first kappa shape index (κ1) is 14.6. The van der Waals surface area contributed by atoms with E-state index in [4.69, 9.17) is 0 Å². The Bertz CT molecular complexity index is 424. The lowest BCUT2D eigenvalue weighted by molar-refractivity contribution is 0.459. The minimum Gasteiger partial charge on any atom is -0.353 e. The van der Waals surface area contributed by atoms with Crippen LogP contribution in [0.1, 0.15) is 44.7 Å². The summed E-state index contributed by atoms with van der Waals surface area (Å²) in [6.45, 7) is 4.77. The summed E-state index contributed by atoms with van der Waals surface area (Å²) >= 11 is 0. The van der Waals surface area contributed by atoms with Gasteiger partial charge in [0.1, 0.15) is 0 Å². The third-order valence-corrected chi connectivity index (χ3v) is 5.00. The first-order chi connectivity index (χ1) is 9.19. The van der Waals surface area contributed by atoms with Gasteiger partial charge in [-0.3, -0.25) is 4.21 Å². The van der Waals surface area contributed by atoms with Gasteiger partial charge in [-0.1, -0.05) is 26.2 Å². The van der Waals surface area contributed by atoms with Crippen molar-refractivity contribution >= 4 is 16.7 Å². The molecule has 1 saturated carbocycles. The molecule has 1 aromatic heterocycles. The second-order valence-corrected chi connectivity index (χ2v) is 7.18. The van der Waals surface area contributed by atoms with E-state index in [0.717, 1.165) is 23.9 Å². The summed E-state index contributed by atoms with van der Waals surface area (Å²) in [5.74, 6) is 2.41. The standard InChI is InChI=1S/C14H25N3OS/c1-3-19(18)10-9-17-11-12(2)15-14(17)16-13-7-5-4-6-8-13/h11,13H,3-10H2,1-2H3,(H,15,16). The molecule has 0 bridgehead atoms. The zero-order chi connectivity index (χ0) is 13.7. The normalized spacial score (nSPS) is 18.4. The number of rotatable bonds is 6. The molecule has 2 rings (SSSR count). The molecule has 1 aliphatic rings. The highest BCUT2D eigenvalue weighted by Gasteiger charge is 2.16. The molecule has 0 spiro atoms. The average Bonchev–Trinajstić information content (AvgIpc) is 2.77. The van der Waals surface area contributed by atoms with Gasteiger partial charge in [0.15, 0.2) is 0 Å². The highest BCUT2D eigenvalue weighted by molar-refractivity contribution is 7.84. The van der Waals surface area contributed by atoms with Crippen molar-refractivity contribution in [2.45, 2.75) is 58.5 Å². The zero-order valence-electron chi connectivity index (χ0n) is 12.0. The summed E-state index contributed by atoms with van der Waals surface area (Å²) in [6.07, 6.45) is 8.53. The Hall–Kier alpha value is -0.840. The lowest BCUT2D eigenvalue weighted by Crippen LogP contribution is -2.24. The van der Waals surface area contributed by atoms with Gasteiger partial charge in [0.05, 0.1) is 5.69 Å². The van der Waals surface area contributed by atoms with E-state index < -0.39 is 10.8 Å². The molecule has 0 amide bonds. The summed E-state index contributed by atoms with van der Waals surface area (Å²) < 4.78 is 13.7. The van der Waals surface area contributed by atoms with Gasteiger partial charge in [-0.2, -0.15) is 0 Å². The quantitative estimate of drug-likeness (QED) is 0.873. The molecule has 1 heterocycles. The molecule has 0 radical (unpaired) electrons. The Kier molecular flexibility index (Phi) is 5.43. The van der Waals surface area contributed by atoms with Gasteiger partial charge in [0, 0.05) is 41.1 Å². The molecule has 1 atom stereocenters. The van der Waals surface area contributed by atoms with Crippen LogP contribution < -0.4 is 5.32 Å². The number of imidazole rings is 1. The molecular weight excluding hydrogens is 258 g/mol. The minimum absolute atomic E-state index is 0.561. The summed E-state index contributed by atoms with van der Waals surface area (Å²) in [7, 11) is -0.710. The third-order valence-electron chi connectivity index (χ3n) is 3.72. The van der Waals surface area contributed by atoms with E-state index in [0.29, 0.717) is 11.8 Å². The molecule has 5 heteroatoms. The monoisotopic (exact) mass is 283 g/mol. The molecule has 1 aliphatic carbocycles. The highest BCUT2D eigenvalue weighted by atomic mass is 32.2. The first-order valence-corrected chi connectivity index (χ1v) is 8.83. The predicted octanol–water partition coefficient (Wildman–Crippen LogP) is 2.70. The number of hydrogen-bond acceptors (Lipinski definition) is 3. The fraction of sp³-hybridized carbons (Fsp3) is 0.786. The van der Waals surface area contributed by atoms with E-state index in [1.165, 1.54) is 32.1 Å². The van der Waals surface area contributed by atoms with E-state index >= 15 is 0 Å². The van der Waals surface area contributed by atoms with Gasteiger partial charge >= 0.3 is 0 Å². The van der Waals surface area contributed by atoms with Crippen molar-refractivity contribution < 1.29 is 4.21 Å². The van der Waals surface area contributed by atoms with E-state index in [2.05, 4.69) is 21.1 Å². The maximum absolute atomic E-state index is 11.6. The van der Waals surface area contributed by atoms with Crippen LogP contribution >= 0.6 is 0 Å². The van der Waals surface area contributed by atoms with Gasteiger partial charge in [0.2, 0.25) is 5.95 Å². The maximum Gasteiger partial charge on any atom is 0.203 e. The van der Waals surface area contributed by atoms with Crippen molar-refractivity contribution in [3.05, 3.63) is 11.9 Å². The van der Waals surface area contributed by atoms with Crippen LogP contribution in [0.15, 0.2) is 6.20 Å². The summed E-state index contributed by atoms with van der Waals surface area (Å²) in [5, 5.41) is 3.56. The molecule has 1 N–H and O–H groups in total. The molecule has 4 nitrogen and oxygen atoms in total. The van der Waals surface area contributed by atoms with Crippen LogP contribution in [0.25, 0.3) is 0 Å². The molecular formula is C14H25N3OS. The van der Waals surface area contributed by atoms with E-state index in [-0.39, 0.29) is 0 Å². The Balaban J connectivity index is 1.96. The SMILES string of the molecule is CCS(=O)CCn1cc(C)nc1NC1CCCCC1. The molecule has 0 aliphatic heterocycles. The van der Waals surface area contributed by atoms with Crippen molar-refractivity contribution in [2.24, 2.45) is 0 Å². The van der Waals surface area contributed by atoms with Crippen LogP contribution in [0, 0.1) is 6.92 Å². The van der Waals surface area contributed by atoms with Crippen LogP contribution in [-0.2, 0) is 17.3 Å². The number of hydrogen-bond donors (Lipinski definition) is 1. The topological polar surface area (TPSA) is 46.9 Å². The average molecular weight is 283 g/mol. The van der Waals surface area contributed by atoms with Gasteiger partial charge in [-0.05, 0) is 19.8 Å². The molecule has 1 unspecified atom stereocenters. The third kappa shape index (κ3) is 4.34. The Morgan fingerprint density at radius 2 is 2.16 bits per heavy atom. The van der Waals surface area contributed by atoms with Crippen molar-refractivity contribution in [3.8, 4) is 0 Å². The van der Waals surface area contributed by atoms with Gasteiger partial charge in [-0.15, -0.1) is 0 Å². The smallest absolute Gasteiger partial charge is 0.203 e. The van der Waals surface area contributed by atoms with Crippen molar-refractivity contribution in [2.75, 3.05) is 16.8 Å². The van der Waals surface area contributed by atoms with Crippen LogP contribution in [0.4, 0.5) is 5.95 Å². The Morgan fingerprint density at radius 3 is 2.84 bits per heavy atom. The first-order valence-electron chi connectivity index (χ1n) is 7.34. The van der Waals surface area contributed by atoms with Crippen LogP contribution in [0.5, 0.6) is 0 Å². The molecule has 108 valence electrons. The van der Waals surface area contributed by atoms with Crippen LogP contribution in [-0.4, -0.2) is 31.3 Å². The molecule has 0 saturated heterocycles. The Labute approximate surface area is 118 Å². The highest BCUT2D eigenvalue weighted by Crippen LogP contribution is 2.21. The van der Waals surface area contributed by atoms with Crippen LogP contribution in [0.3, 0.4) is 0 Å². The number of aryl methyl sites for hydroxylation is 2. The fourth-order valence-corrected chi connectivity index (χ4v) is 3.30. The van der Waals surface area contributed by atoms with Gasteiger partial charge in [0.25, 0.3) is 0 Å². The molecule has 19 heavy (non-hydrogen) atoms. The largest absolute Gasteiger partial charge is 0.353 e. The molecule has 0 aromatic carbocycles. The van der Waals surface area contributed by atoms with Crippen LogP contribution in [0.2, 0.25) is 0 Å². The van der Waals surface area contributed by atoms with Gasteiger partial charge < -0.3 is 9.88 Å². The second kappa shape index (κ2) is 7.08. The minimum atomic E-state index is -0.710. The lowest BCUT2D eigenvalue weighted by atomic mass is 9.96. The van der Waals surface area contributed by atoms with Gasteiger partial charge in [-0.25, -0.2) is 4.98 Å². The number of nitrogens with zero attached hydrogens (tertiary/aromatic N) is 2. The van der Waals surface area contributed by atoms with E-state index in [1.807, 2.05) is 13.8 Å². The number of aromatic nitrogens is 2. The summed E-state index contributed by atoms with van der Waals surface area (Å²) in [5.41, 5.74) is 1.03. The van der Waals surface area contributed by atoms with Crippen molar-refractivity contribution in [1.82, 2.24) is 9.55 Å². The second-order valence-electron chi connectivity index (χ2n) is 5.31. The maximum atomic E-state index is 11.6. The zero-order valence-corrected chi connectivity index (χ0v) is 12.8. The van der Waals surface area contributed by atoms with E-state index in [1.54, 1.807) is 0 Å². The summed E-state index contributed by atoms with van der Waals surface area (Å²) in [6, 6.07) is 0.561. The summed E-state index contributed by atoms with van der Waals surface area (Å²) in [4.78, 5) is 4.56. The molecule has 1 fully saturated rings. The number of anilines is 1. The fourth-order valence-electron chi connectivity index (χ4n) is 2.61. The van der Waals surface area contributed by atoms with E-state index in [9.17, 15) is 4.21 Å². The number of nitrogens with one attached hydrogen (secondary N) is 1. The van der Waals surface area contributed by atoms with Crippen molar-refractivity contribution in [1.29, 1.82) is 0 Å². The predicted molar refractivity (Wildman–Crippen MR) is 81.0 cm³/mol. The van der Waals surface area contributed by atoms with Crippen molar-refractivity contribution in [3.63, 3.8) is 0 Å².